The van der Waals surface area contributed by atoms with Gasteiger partial charge in [-0.1, -0.05) is 12.1 Å². The summed E-state index contributed by atoms with van der Waals surface area (Å²) >= 11 is 5.42. The van der Waals surface area contributed by atoms with E-state index in [-0.39, 0.29) is 5.91 Å². The number of nitrogens with zero attached hydrogens (tertiary/aromatic N) is 2. The number of carbonyl (C=O) groups excluding carboxylic acids is 1. The molecule has 2 rings (SSSR count). The molecule has 0 aliphatic carbocycles. The SMILES string of the molecule is O=C(N/N=C/c1cccc(I)c1)c1[nH]ncc1Br. The smallest absolute Gasteiger partial charge is 0.272 e. The van der Waals surface area contributed by atoms with E-state index in [1.54, 1.807) is 6.21 Å². The predicted octanol–water partition coefficient (Wildman–Crippen LogP) is 2.54. The van der Waals surface area contributed by atoms with E-state index in [0.29, 0.717) is 10.2 Å². The van der Waals surface area contributed by atoms with Crippen LogP contribution in [0.4, 0.5) is 0 Å². The zero-order valence-electron chi connectivity index (χ0n) is 9.02. The molecule has 0 fully saturated rings. The molecule has 2 N–H and O–H groups in total. The minimum Gasteiger partial charge on any atom is -0.272 e. The normalized spacial score (nSPS) is 10.8. The number of amides is 1. The summed E-state index contributed by atoms with van der Waals surface area (Å²) in [6.07, 6.45) is 3.10. The average molecular weight is 419 g/mol. The van der Waals surface area contributed by atoms with E-state index in [2.05, 4.69) is 59.2 Å². The van der Waals surface area contributed by atoms with Crippen LogP contribution in [0.5, 0.6) is 0 Å². The topological polar surface area (TPSA) is 70.1 Å². The lowest BCUT2D eigenvalue weighted by atomic mass is 10.2. The molecule has 0 aliphatic heterocycles. The van der Waals surface area contributed by atoms with Gasteiger partial charge in [0.05, 0.1) is 16.9 Å². The lowest BCUT2D eigenvalue weighted by Crippen LogP contribution is -2.18. The molecule has 2 aromatic rings. The molecule has 0 atom stereocenters. The molecule has 7 heteroatoms. The number of hydrogen-bond donors (Lipinski definition) is 2. The molecule has 0 spiro atoms. The summed E-state index contributed by atoms with van der Waals surface area (Å²) in [6, 6.07) is 7.78. The maximum atomic E-state index is 11.7. The van der Waals surface area contributed by atoms with Crippen molar-refractivity contribution < 1.29 is 4.79 Å². The second-order valence-corrected chi connectivity index (χ2v) is 5.45. The van der Waals surface area contributed by atoms with E-state index >= 15 is 0 Å². The molecule has 1 heterocycles. The molecule has 0 saturated heterocycles. The fourth-order valence-corrected chi connectivity index (χ4v) is 2.18. The van der Waals surface area contributed by atoms with Crippen molar-refractivity contribution in [3.05, 3.63) is 49.8 Å². The Bertz CT molecular complexity index is 596. The van der Waals surface area contributed by atoms with Crippen LogP contribution in [0.25, 0.3) is 0 Å². The van der Waals surface area contributed by atoms with Crippen molar-refractivity contribution >= 4 is 50.6 Å². The Morgan fingerprint density at radius 1 is 1.56 bits per heavy atom. The Morgan fingerprint density at radius 2 is 2.39 bits per heavy atom. The standard InChI is InChI=1S/C11H8BrIN4O/c12-9-6-15-16-10(9)11(18)17-14-5-7-2-1-3-8(13)4-7/h1-6H,(H,15,16)(H,17,18)/b14-5+. The number of nitrogens with one attached hydrogen (secondary N) is 2. The summed E-state index contributed by atoms with van der Waals surface area (Å²) < 4.78 is 1.71. The Morgan fingerprint density at radius 3 is 3.06 bits per heavy atom. The first kappa shape index (κ1) is 13.2. The van der Waals surface area contributed by atoms with Crippen molar-refractivity contribution in [2.75, 3.05) is 0 Å². The maximum Gasteiger partial charge on any atom is 0.290 e. The van der Waals surface area contributed by atoms with Crippen LogP contribution in [0.2, 0.25) is 0 Å². The van der Waals surface area contributed by atoms with E-state index in [9.17, 15) is 4.79 Å². The summed E-state index contributed by atoms with van der Waals surface area (Å²) in [7, 11) is 0. The van der Waals surface area contributed by atoms with Crippen molar-refractivity contribution in [3.8, 4) is 0 Å². The maximum absolute atomic E-state index is 11.7. The Labute approximate surface area is 125 Å². The van der Waals surface area contributed by atoms with E-state index < -0.39 is 0 Å². The fraction of sp³-hybridized carbons (Fsp3) is 0. The van der Waals surface area contributed by atoms with E-state index in [0.717, 1.165) is 9.13 Å². The number of hydrazone groups is 1. The summed E-state index contributed by atoms with van der Waals surface area (Å²) in [6.45, 7) is 0. The van der Waals surface area contributed by atoms with Gasteiger partial charge in [0, 0.05) is 3.57 Å². The molecule has 0 bridgehead atoms. The van der Waals surface area contributed by atoms with Gasteiger partial charge in [-0.3, -0.25) is 9.89 Å². The number of hydrogen-bond acceptors (Lipinski definition) is 3. The quantitative estimate of drug-likeness (QED) is 0.457. The second-order valence-electron chi connectivity index (χ2n) is 3.35. The van der Waals surface area contributed by atoms with Gasteiger partial charge in [0.1, 0.15) is 5.69 Å². The minimum absolute atomic E-state index is 0.342. The summed E-state index contributed by atoms with van der Waals surface area (Å²) in [5.74, 6) is -0.346. The largest absolute Gasteiger partial charge is 0.290 e. The highest BCUT2D eigenvalue weighted by atomic mass is 127. The van der Waals surface area contributed by atoms with Gasteiger partial charge in [-0.25, -0.2) is 5.43 Å². The molecule has 92 valence electrons. The van der Waals surface area contributed by atoms with Crippen molar-refractivity contribution in [3.63, 3.8) is 0 Å². The van der Waals surface area contributed by atoms with Crippen LogP contribution in [-0.4, -0.2) is 22.3 Å². The first-order chi connectivity index (χ1) is 8.66. The monoisotopic (exact) mass is 418 g/mol. The van der Waals surface area contributed by atoms with E-state index in [1.807, 2.05) is 24.3 Å². The molecule has 18 heavy (non-hydrogen) atoms. The summed E-state index contributed by atoms with van der Waals surface area (Å²) in [4.78, 5) is 11.7. The Balaban J connectivity index is 2.00. The number of benzene rings is 1. The van der Waals surface area contributed by atoms with Gasteiger partial charge in [0.15, 0.2) is 0 Å². The highest BCUT2D eigenvalue weighted by Crippen LogP contribution is 2.12. The van der Waals surface area contributed by atoms with Crippen LogP contribution in [0.3, 0.4) is 0 Å². The first-order valence-electron chi connectivity index (χ1n) is 4.94. The molecule has 0 unspecified atom stereocenters. The number of aromatic amines is 1. The number of H-pyrrole nitrogens is 1. The number of rotatable bonds is 3. The third kappa shape index (κ3) is 3.39. The van der Waals surface area contributed by atoms with Crippen molar-refractivity contribution in [2.45, 2.75) is 0 Å². The number of carbonyl (C=O) groups is 1. The van der Waals surface area contributed by atoms with Gasteiger partial charge >= 0.3 is 0 Å². The Hall–Kier alpha value is -1.22. The van der Waals surface area contributed by atoms with Crippen LogP contribution in [0.15, 0.2) is 40.0 Å². The minimum atomic E-state index is -0.346. The number of halogens is 2. The Kier molecular flexibility index (Phi) is 4.48. The highest BCUT2D eigenvalue weighted by Gasteiger charge is 2.10. The van der Waals surface area contributed by atoms with Gasteiger partial charge in [0.2, 0.25) is 0 Å². The van der Waals surface area contributed by atoms with Crippen molar-refractivity contribution in [2.24, 2.45) is 5.10 Å². The van der Waals surface area contributed by atoms with Gasteiger partial charge in [-0.2, -0.15) is 10.2 Å². The zero-order chi connectivity index (χ0) is 13.0. The van der Waals surface area contributed by atoms with Crippen LogP contribution >= 0.6 is 38.5 Å². The first-order valence-corrected chi connectivity index (χ1v) is 6.82. The molecule has 0 saturated carbocycles. The summed E-state index contributed by atoms with van der Waals surface area (Å²) in [5, 5.41) is 10.2. The lowest BCUT2D eigenvalue weighted by Gasteiger charge is -1.97. The molecule has 0 radical (unpaired) electrons. The highest BCUT2D eigenvalue weighted by molar-refractivity contribution is 14.1. The molecular formula is C11H8BrIN4O. The molecule has 1 aromatic carbocycles. The third-order valence-electron chi connectivity index (χ3n) is 2.05. The van der Waals surface area contributed by atoms with Crippen LogP contribution < -0.4 is 5.43 Å². The summed E-state index contributed by atoms with van der Waals surface area (Å²) in [5.41, 5.74) is 3.69. The van der Waals surface area contributed by atoms with Gasteiger partial charge < -0.3 is 0 Å². The fourth-order valence-electron chi connectivity index (χ4n) is 1.24. The van der Waals surface area contributed by atoms with Crippen LogP contribution in [-0.2, 0) is 0 Å². The lowest BCUT2D eigenvalue weighted by molar-refractivity contribution is 0.0949. The van der Waals surface area contributed by atoms with Gasteiger partial charge in [0.25, 0.3) is 5.91 Å². The van der Waals surface area contributed by atoms with Crippen molar-refractivity contribution in [1.82, 2.24) is 15.6 Å². The zero-order valence-corrected chi connectivity index (χ0v) is 12.8. The average Bonchev–Trinajstić information content (AvgIpc) is 2.75. The van der Waals surface area contributed by atoms with Gasteiger partial charge in [-0.15, -0.1) is 0 Å². The van der Waals surface area contributed by atoms with E-state index in [1.165, 1.54) is 6.20 Å². The third-order valence-corrected chi connectivity index (χ3v) is 3.32. The molecule has 1 amide bonds. The predicted molar refractivity (Wildman–Crippen MR) is 80.5 cm³/mol. The number of aromatic nitrogens is 2. The van der Waals surface area contributed by atoms with Crippen LogP contribution in [0, 0.1) is 3.57 Å². The molecule has 5 nitrogen and oxygen atoms in total. The molecular weight excluding hydrogens is 411 g/mol. The molecule has 1 aromatic heterocycles. The second kappa shape index (κ2) is 6.10. The van der Waals surface area contributed by atoms with E-state index in [4.69, 9.17) is 0 Å². The van der Waals surface area contributed by atoms with Crippen LogP contribution in [0.1, 0.15) is 16.1 Å². The van der Waals surface area contributed by atoms with Gasteiger partial charge in [-0.05, 0) is 56.2 Å². The molecule has 0 aliphatic rings. The van der Waals surface area contributed by atoms with Crippen molar-refractivity contribution in [1.29, 1.82) is 0 Å².